The molecule has 2 aromatic heterocycles. The summed E-state index contributed by atoms with van der Waals surface area (Å²) in [5.74, 6) is 0.624. The molecule has 254 valence electrons. The number of pyridine rings is 1. The van der Waals surface area contributed by atoms with Crippen molar-refractivity contribution in [3.63, 3.8) is 0 Å². The van der Waals surface area contributed by atoms with Crippen LogP contribution in [0.15, 0.2) is 36.8 Å². The number of carbonyl (C=O) groups excluding carboxylic acids is 1. The lowest BCUT2D eigenvalue weighted by molar-refractivity contribution is -0.131. The van der Waals surface area contributed by atoms with Crippen molar-refractivity contribution >= 4 is 22.6 Å². The van der Waals surface area contributed by atoms with E-state index in [1.54, 1.807) is 6.20 Å². The van der Waals surface area contributed by atoms with Gasteiger partial charge >= 0.3 is 6.01 Å². The van der Waals surface area contributed by atoms with E-state index in [4.69, 9.17) is 24.4 Å². The van der Waals surface area contributed by atoms with Crippen molar-refractivity contribution in [3.8, 4) is 29.1 Å². The van der Waals surface area contributed by atoms with E-state index in [1.807, 2.05) is 4.90 Å². The molecular formula is C37H39F2N7O3. The van der Waals surface area contributed by atoms with Crippen molar-refractivity contribution in [1.82, 2.24) is 24.8 Å². The maximum Gasteiger partial charge on any atom is 0.319 e. The SMILES string of the molecule is C=C(F)C(=O)N1CCN(c2nc(OC[C@@]34CCCN3C[C@H](F)C4)nc3c(OC4CC4)c(-c4cccc5c4C[C@H]4C[C@@H]54)ncc23)C[C@@H]1CC#N. The monoisotopic (exact) mass is 667 g/mol. The van der Waals surface area contributed by atoms with E-state index in [1.165, 1.54) is 22.4 Å². The molecule has 3 saturated heterocycles. The molecule has 5 fully saturated rings. The normalized spacial score (nSPS) is 28.6. The molecule has 0 unspecified atom stereocenters. The number of carbonyl (C=O) groups is 1. The van der Waals surface area contributed by atoms with E-state index in [-0.39, 0.29) is 38.2 Å². The summed E-state index contributed by atoms with van der Waals surface area (Å²) in [6, 6.07) is 8.21. The van der Waals surface area contributed by atoms with Crippen LogP contribution in [-0.2, 0) is 11.2 Å². The predicted octanol–water partition coefficient (Wildman–Crippen LogP) is 5.26. The summed E-state index contributed by atoms with van der Waals surface area (Å²) in [7, 11) is 0. The third-order valence-electron chi connectivity index (χ3n) is 11.6. The fourth-order valence-electron chi connectivity index (χ4n) is 8.91. The molecular weight excluding hydrogens is 628 g/mol. The first-order valence-electron chi connectivity index (χ1n) is 17.6. The van der Waals surface area contributed by atoms with Gasteiger partial charge in [-0.3, -0.25) is 14.7 Å². The van der Waals surface area contributed by atoms with Gasteiger partial charge in [-0.15, -0.1) is 0 Å². The van der Waals surface area contributed by atoms with Crippen LogP contribution in [0.1, 0.15) is 62.0 Å². The van der Waals surface area contributed by atoms with Gasteiger partial charge in [0.05, 0.1) is 35.6 Å². The molecule has 2 saturated carbocycles. The Kier molecular flexibility index (Phi) is 7.27. The van der Waals surface area contributed by atoms with Gasteiger partial charge in [-0.05, 0) is 68.0 Å². The van der Waals surface area contributed by atoms with Crippen LogP contribution in [0.3, 0.4) is 0 Å². The highest BCUT2D eigenvalue weighted by molar-refractivity contribution is 5.97. The van der Waals surface area contributed by atoms with Crippen LogP contribution in [-0.4, -0.2) is 93.8 Å². The number of aromatic nitrogens is 3. The number of ether oxygens (including phenoxy) is 2. The Bertz CT molecular complexity index is 1910. The molecule has 12 heteroatoms. The predicted molar refractivity (Wildman–Crippen MR) is 178 cm³/mol. The molecule has 0 N–H and O–H groups in total. The Morgan fingerprint density at radius 1 is 1.18 bits per heavy atom. The third kappa shape index (κ3) is 5.28. The zero-order chi connectivity index (χ0) is 33.4. The van der Waals surface area contributed by atoms with Crippen LogP contribution < -0.4 is 14.4 Å². The van der Waals surface area contributed by atoms with E-state index < -0.39 is 29.5 Å². The Balaban J connectivity index is 1.15. The molecule has 1 amide bonds. The molecule has 1 aromatic carbocycles. The number of anilines is 1. The number of hydrogen-bond donors (Lipinski definition) is 0. The number of nitriles is 1. The number of amides is 1. The Morgan fingerprint density at radius 2 is 2.06 bits per heavy atom. The van der Waals surface area contributed by atoms with Crippen LogP contribution in [0, 0.1) is 17.2 Å². The molecule has 0 spiro atoms. The van der Waals surface area contributed by atoms with Crippen molar-refractivity contribution in [1.29, 1.82) is 5.26 Å². The van der Waals surface area contributed by atoms with Crippen LogP contribution >= 0.6 is 0 Å². The maximum atomic E-state index is 14.6. The minimum Gasteiger partial charge on any atom is -0.486 e. The van der Waals surface area contributed by atoms with E-state index in [2.05, 4.69) is 35.7 Å². The van der Waals surface area contributed by atoms with Crippen molar-refractivity contribution in [2.75, 3.05) is 44.2 Å². The van der Waals surface area contributed by atoms with Crippen LogP contribution in [0.2, 0.25) is 0 Å². The van der Waals surface area contributed by atoms with Gasteiger partial charge in [-0.25, -0.2) is 8.78 Å². The van der Waals surface area contributed by atoms with Gasteiger partial charge in [0, 0.05) is 44.4 Å². The molecule has 49 heavy (non-hydrogen) atoms. The van der Waals surface area contributed by atoms with E-state index in [0.717, 1.165) is 49.9 Å². The molecule has 0 radical (unpaired) electrons. The minimum absolute atomic E-state index is 0.0180. The first-order valence-corrected chi connectivity index (χ1v) is 17.6. The largest absolute Gasteiger partial charge is 0.486 e. The number of nitrogens with zero attached hydrogens (tertiary/aromatic N) is 7. The molecule has 0 bridgehead atoms. The van der Waals surface area contributed by atoms with E-state index >= 15 is 0 Å². The molecule has 9 rings (SSSR count). The molecule has 5 atom stereocenters. The second-order valence-corrected chi connectivity index (χ2v) is 14.8. The van der Waals surface area contributed by atoms with E-state index in [9.17, 15) is 18.8 Å². The highest BCUT2D eigenvalue weighted by Crippen LogP contribution is 2.58. The smallest absolute Gasteiger partial charge is 0.319 e. The number of halogens is 2. The topological polar surface area (TPSA) is 108 Å². The van der Waals surface area contributed by atoms with Gasteiger partial charge in [-0.1, -0.05) is 24.8 Å². The number of rotatable bonds is 9. The van der Waals surface area contributed by atoms with Crippen molar-refractivity contribution < 1.29 is 23.0 Å². The summed E-state index contributed by atoms with van der Waals surface area (Å²) in [6.07, 6.45) is 7.42. The second kappa shape index (κ2) is 11.6. The molecule has 3 aliphatic carbocycles. The highest BCUT2D eigenvalue weighted by Gasteiger charge is 2.50. The molecule has 6 aliphatic rings. The molecule has 3 aromatic rings. The summed E-state index contributed by atoms with van der Waals surface area (Å²) >= 11 is 0. The number of benzene rings is 1. The highest BCUT2D eigenvalue weighted by atomic mass is 19.1. The lowest BCUT2D eigenvalue weighted by atomic mass is 9.95. The Morgan fingerprint density at radius 3 is 2.88 bits per heavy atom. The van der Waals surface area contributed by atoms with Gasteiger partial charge in [0.1, 0.15) is 29.8 Å². The van der Waals surface area contributed by atoms with Crippen molar-refractivity contribution in [2.45, 2.75) is 81.1 Å². The summed E-state index contributed by atoms with van der Waals surface area (Å²) in [6.45, 7) is 5.49. The van der Waals surface area contributed by atoms with Crippen LogP contribution in [0.4, 0.5) is 14.6 Å². The summed E-state index contributed by atoms with van der Waals surface area (Å²) in [5.41, 5.74) is 4.75. The first-order chi connectivity index (χ1) is 23.8. The first kappa shape index (κ1) is 30.7. The molecule has 3 aliphatic heterocycles. The molecule has 5 heterocycles. The average molecular weight is 668 g/mol. The summed E-state index contributed by atoms with van der Waals surface area (Å²) in [5, 5.41) is 10.3. The lowest BCUT2D eigenvalue weighted by Crippen LogP contribution is -2.55. The average Bonchev–Trinajstić information content (AvgIpc) is 3.97. The molecule has 10 nitrogen and oxygen atoms in total. The quantitative estimate of drug-likeness (QED) is 0.283. The number of piperazine rings is 1. The van der Waals surface area contributed by atoms with E-state index in [0.29, 0.717) is 53.8 Å². The third-order valence-corrected chi connectivity index (χ3v) is 11.6. The fourth-order valence-corrected chi connectivity index (χ4v) is 8.91. The van der Waals surface area contributed by atoms with Crippen LogP contribution in [0.5, 0.6) is 11.8 Å². The lowest BCUT2D eigenvalue weighted by Gasteiger charge is -2.41. The van der Waals surface area contributed by atoms with Gasteiger partial charge in [0.2, 0.25) is 0 Å². The summed E-state index contributed by atoms with van der Waals surface area (Å²) in [4.78, 5) is 33.2. The zero-order valence-corrected chi connectivity index (χ0v) is 27.4. The fraction of sp³-hybridized carbons (Fsp3) is 0.541. The van der Waals surface area contributed by atoms with Crippen LogP contribution in [0.25, 0.3) is 22.2 Å². The van der Waals surface area contributed by atoms with Crippen molar-refractivity contribution in [2.24, 2.45) is 5.92 Å². The Labute approximate surface area is 283 Å². The maximum absolute atomic E-state index is 14.6. The minimum atomic E-state index is -1.05. The summed E-state index contributed by atoms with van der Waals surface area (Å²) < 4.78 is 41.7. The number of fused-ring (bicyclic) bond motifs is 5. The number of alkyl halides is 1. The van der Waals surface area contributed by atoms with Gasteiger partial charge in [0.15, 0.2) is 11.6 Å². The standard InChI is InChI=1S/C37H39F2N7O3/c1-21(38)35(47)46-13-12-44(19-24(46)8-10-40)34-30-17-41-31(27-5-2-4-26-28-14-22(28)15-29(26)27)33(49-25-6-7-25)32(30)42-36(43-34)48-20-37-9-3-11-45(37)18-23(39)16-37/h2,4-5,17,22-25,28H,1,3,6-9,11-16,18-20H2/t22-,23-,24+,28-,37+/m1/s1. The van der Waals surface area contributed by atoms with Gasteiger partial charge < -0.3 is 19.3 Å². The Hall–Kier alpha value is -4.37. The van der Waals surface area contributed by atoms with Gasteiger partial charge in [0.25, 0.3) is 5.91 Å². The van der Waals surface area contributed by atoms with Crippen molar-refractivity contribution in [3.05, 3.63) is 47.9 Å². The zero-order valence-electron chi connectivity index (χ0n) is 27.4. The second-order valence-electron chi connectivity index (χ2n) is 14.8. The number of hydrogen-bond acceptors (Lipinski definition) is 9. The van der Waals surface area contributed by atoms with Gasteiger partial charge in [-0.2, -0.15) is 15.2 Å².